The molecule has 0 saturated carbocycles. The first-order valence-corrected chi connectivity index (χ1v) is 11.5. The smallest absolute Gasteiger partial charge is 0.272 e. The fourth-order valence-electron chi connectivity index (χ4n) is 4.37. The van der Waals surface area contributed by atoms with Crippen molar-refractivity contribution < 1.29 is 4.79 Å². The standard InChI is InChI=1S/C26H24ClN7O/c1-14-8-23(29)32-15(2)19(14)12-31-26(35)25-24-20(28)4-3-5-22(24)34(33-25)13-16-6-7-21-17(9-16)10-18(27)11-30-21/h3-11H,12-13,28H2,1-2H3,(H2,29,32)(H,31,35). The molecule has 0 saturated heterocycles. The van der Waals surface area contributed by atoms with E-state index in [9.17, 15) is 4.79 Å². The third-order valence-corrected chi connectivity index (χ3v) is 6.28. The number of fused-ring (bicyclic) bond motifs is 2. The lowest BCUT2D eigenvalue weighted by atomic mass is 10.1. The van der Waals surface area contributed by atoms with Crippen LogP contribution in [-0.2, 0) is 13.1 Å². The van der Waals surface area contributed by atoms with E-state index in [0.717, 1.165) is 38.8 Å². The molecule has 0 unspecified atom stereocenters. The van der Waals surface area contributed by atoms with Crippen LogP contribution in [0.3, 0.4) is 0 Å². The van der Waals surface area contributed by atoms with Gasteiger partial charge in [-0.3, -0.25) is 14.5 Å². The number of pyridine rings is 2. The Balaban J connectivity index is 1.48. The maximum atomic E-state index is 13.2. The van der Waals surface area contributed by atoms with Crippen molar-refractivity contribution >= 4 is 50.8 Å². The van der Waals surface area contributed by atoms with Gasteiger partial charge in [0.05, 0.1) is 28.0 Å². The van der Waals surface area contributed by atoms with Crippen LogP contribution in [0.25, 0.3) is 21.8 Å². The lowest BCUT2D eigenvalue weighted by molar-refractivity contribution is 0.0946. The van der Waals surface area contributed by atoms with Crippen molar-refractivity contribution in [2.45, 2.75) is 26.9 Å². The first-order chi connectivity index (χ1) is 16.8. The van der Waals surface area contributed by atoms with Crippen molar-refractivity contribution in [1.29, 1.82) is 0 Å². The maximum absolute atomic E-state index is 13.2. The van der Waals surface area contributed by atoms with Crippen molar-refractivity contribution in [3.05, 3.63) is 87.8 Å². The topological polar surface area (TPSA) is 125 Å². The predicted molar refractivity (Wildman–Crippen MR) is 139 cm³/mol. The number of aryl methyl sites for hydroxylation is 2. The number of aromatic nitrogens is 4. The molecular weight excluding hydrogens is 462 g/mol. The number of carbonyl (C=O) groups excluding carboxylic acids is 1. The Morgan fingerprint density at radius 2 is 1.94 bits per heavy atom. The van der Waals surface area contributed by atoms with Gasteiger partial charge in [-0.2, -0.15) is 5.10 Å². The highest BCUT2D eigenvalue weighted by atomic mass is 35.5. The van der Waals surface area contributed by atoms with E-state index < -0.39 is 0 Å². The summed E-state index contributed by atoms with van der Waals surface area (Å²) in [5, 5.41) is 9.77. The molecule has 5 aromatic rings. The molecule has 0 bridgehead atoms. The monoisotopic (exact) mass is 485 g/mol. The number of hydrogen-bond acceptors (Lipinski definition) is 6. The third-order valence-electron chi connectivity index (χ3n) is 6.07. The van der Waals surface area contributed by atoms with Gasteiger partial charge >= 0.3 is 0 Å². The number of nitrogens with one attached hydrogen (secondary N) is 1. The highest BCUT2D eigenvalue weighted by Crippen LogP contribution is 2.27. The first kappa shape index (κ1) is 22.6. The van der Waals surface area contributed by atoms with Crippen LogP contribution in [0.1, 0.15) is 32.9 Å². The Kier molecular flexibility index (Phi) is 5.74. The molecule has 8 nitrogen and oxygen atoms in total. The van der Waals surface area contributed by atoms with Gasteiger partial charge in [-0.1, -0.05) is 23.7 Å². The summed E-state index contributed by atoms with van der Waals surface area (Å²) < 4.78 is 1.79. The molecule has 9 heteroatoms. The number of nitrogens with zero attached hydrogens (tertiary/aromatic N) is 4. The average molecular weight is 486 g/mol. The Morgan fingerprint density at radius 1 is 1.11 bits per heavy atom. The minimum Gasteiger partial charge on any atom is -0.398 e. The van der Waals surface area contributed by atoms with Gasteiger partial charge in [0.2, 0.25) is 0 Å². The SMILES string of the molecule is Cc1cc(N)nc(C)c1CNC(=O)c1nn(Cc2ccc3ncc(Cl)cc3c2)c2cccc(N)c12. The molecule has 5 rings (SSSR count). The molecule has 176 valence electrons. The van der Waals surface area contributed by atoms with Crippen LogP contribution < -0.4 is 16.8 Å². The second-order valence-corrected chi connectivity index (χ2v) is 8.98. The molecule has 35 heavy (non-hydrogen) atoms. The zero-order valence-corrected chi connectivity index (χ0v) is 20.1. The van der Waals surface area contributed by atoms with Gasteiger partial charge in [-0.25, -0.2) is 4.98 Å². The maximum Gasteiger partial charge on any atom is 0.272 e. The Morgan fingerprint density at radius 3 is 2.74 bits per heavy atom. The molecule has 3 heterocycles. The van der Waals surface area contributed by atoms with Crippen LogP contribution in [-0.4, -0.2) is 25.7 Å². The van der Waals surface area contributed by atoms with Gasteiger partial charge in [0.25, 0.3) is 5.91 Å². The third kappa shape index (κ3) is 4.36. The van der Waals surface area contributed by atoms with Crippen LogP contribution in [0.15, 0.2) is 54.7 Å². The lowest BCUT2D eigenvalue weighted by Gasteiger charge is -2.11. The number of nitrogen functional groups attached to an aromatic ring is 2. The number of rotatable bonds is 5. The summed E-state index contributed by atoms with van der Waals surface area (Å²) in [6, 6.07) is 15.2. The number of halogens is 1. The molecule has 0 radical (unpaired) electrons. The molecule has 0 aliphatic rings. The summed E-state index contributed by atoms with van der Waals surface area (Å²) in [6.07, 6.45) is 1.63. The minimum atomic E-state index is -0.309. The molecule has 1 amide bonds. The first-order valence-electron chi connectivity index (χ1n) is 11.1. The van der Waals surface area contributed by atoms with E-state index in [1.54, 1.807) is 23.0 Å². The lowest BCUT2D eigenvalue weighted by Crippen LogP contribution is -2.25. The number of hydrogen-bond donors (Lipinski definition) is 3. The van der Waals surface area contributed by atoms with E-state index >= 15 is 0 Å². The average Bonchev–Trinajstić information content (AvgIpc) is 3.17. The number of carbonyl (C=O) groups is 1. The van der Waals surface area contributed by atoms with Gasteiger partial charge in [0.15, 0.2) is 5.69 Å². The van der Waals surface area contributed by atoms with E-state index in [2.05, 4.69) is 20.4 Å². The molecule has 0 fully saturated rings. The molecule has 0 atom stereocenters. The molecule has 0 aliphatic carbocycles. The summed E-state index contributed by atoms with van der Waals surface area (Å²) in [7, 11) is 0. The Hall–Kier alpha value is -4.17. The zero-order chi connectivity index (χ0) is 24.7. The van der Waals surface area contributed by atoms with Gasteiger partial charge in [0.1, 0.15) is 5.82 Å². The van der Waals surface area contributed by atoms with Crippen LogP contribution >= 0.6 is 11.6 Å². The van der Waals surface area contributed by atoms with E-state index in [4.69, 9.17) is 23.1 Å². The molecule has 3 aromatic heterocycles. The van der Waals surface area contributed by atoms with E-state index in [1.165, 1.54) is 0 Å². The summed E-state index contributed by atoms with van der Waals surface area (Å²) in [5.41, 5.74) is 18.2. The number of anilines is 2. The van der Waals surface area contributed by atoms with Crippen molar-refractivity contribution in [3.63, 3.8) is 0 Å². The second-order valence-electron chi connectivity index (χ2n) is 8.54. The number of nitrogens with two attached hydrogens (primary N) is 2. The van der Waals surface area contributed by atoms with Crippen LogP contribution in [0.5, 0.6) is 0 Å². The van der Waals surface area contributed by atoms with Crippen LogP contribution in [0, 0.1) is 13.8 Å². The normalized spacial score (nSPS) is 11.3. The highest BCUT2D eigenvalue weighted by molar-refractivity contribution is 6.31. The van der Waals surface area contributed by atoms with Crippen molar-refractivity contribution in [1.82, 2.24) is 25.1 Å². The van der Waals surface area contributed by atoms with Gasteiger partial charge < -0.3 is 16.8 Å². The van der Waals surface area contributed by atoms with Crippen molar-refractivity contribution in [2.75, 3.05) is 11.5 Å². The minimum absolute atomic E-state index is 0.280. The van der Waals surface area contributed by atoms with Gasteiger partial charge in [-0.15, -0.1) is 0 Å². The van der Waals surface area contributed by atoms with Gasteiger partial charge in [-0.05, 0) is 66.9 Å². The number of amides is 1. The van der Waals surface area contributed by atoms with Crippen LogP contribution in [0.2, 0.25) is 5.02 Å². The predicted octanol–water partition coefficient (Wildman–Crippen LogP) is 4.39. The second kappa shape index (κ2) is 8.88. The largest absolute Gasteiger partial charge is 0.398 e. The summed E-state index contributed by atoms with van der Waals surface area (Å²) in [4.78, 5) is 21.9. The highest BCUT2D eigenvalue weighted by Gasteiger charge is 2.20. The summed E-state index contributed by atoms with van der Waals surface area (Å²) >= 11 is 6.12. The fraction of sp³-hybridized carbons (Fsp3) is 0.154. The molecule has 0 spiro atoms. The van der Waals surface area contributed by atoms with Gasteiger partial charge in [0, 0.05) is 29.5 Å². The Labute approximate surface area is 206 Å². The quantitative estimate of drug-likeness (QED) is 0.317. The molecular formula is C26H24ClN7O. The Bertz CT molecular complexity index is 1590. The fourth-order valence-corrected chi connectivity index (χ4v) is 4.53. The van der Waals surface area contributed by atoms with Crippen molar-refractivity contribution in [3.8, 4) is 0 Å². The van der Waals surface area contributed by atoms with E-state index in [0.29, 0.717) is 35.0 Å². The number of benzene rings is 2. The zero-order valence-electron chi connectivity index (χ0n) is 19.3. The summed E-state index contributed by atoms with van der Waals surface area (Å²) in [6.45, 7) is 4.58. The molecule has 5 N–H and O–H groups in total. The molecule has 0 aliphatic heterocycles. The summed E-state index contributed by atoms with van der Waals surface area (Å²) in [5.74, 6) is 0.149. The van der Waals surface area contributed by atoms with E-state index in [-0.39, 0.29) is 11.6 Å². The van der Waals surface area contributed by atoms with Crippen molar-refractivity contribution in [2.24, 2.45) is 0 Å². The molecule has 2 aromatic carbocycles. The van der Waals surface area contributed by atoms with Crippen LogP contribution in [0.4, 0.5) is 11.5 Å². The van der Waals surface area contributed by atoms with E-state index in [1.807, 2.05) is 50.2 Å².